The van der Waals surface area contributed by atoms with Gasteiger partial charge in [-0.05, 0) is 54.1 Å². The third kappa shape index (κ3) is 3.96. The molecule has 4 rings (SSSR count). The van der Waals surface area contributed by atoms with Gasteiger partial charge in [-0.25, -0.2) is 4.39 Å². The number of nitrogens with one attached hydrogen (secondary N) is 2. The molecule has 3 nitrogen and oxygen atoms in total. The summed E-state index contributed by atoms with van der Waals surface area (Å²) < 4.78 is 14.4. The predicted octanol–water partition coefficient (Wildman–Crippen LogP) is 6.56. The summed E-state index contributed by atoms with van der Waals surface area (Å²) in [5.74, 6) is -0.439. The van der Waals surface area contributed by atoms with Crippen molar-refractivity contribution in [2.24, 2.45) is 0 Å². The minimum Gasteiger partial charge on any atom is -0.396 e. The largest absolute Gasteiger partial charge is 0.396 e. The van der Waals surface area contributed by atoms with Gasteiger partial charge < -0.3 is 16.4 Å². The molecule has 0 atom stereocenters. The van der Waals surface area contributed by atoms with Gasteiger partial charge in [-0.2, -0.15) is 0 Å². The molecule has 0 aromatic heterocycles. The van der Waals surface area contributed by atoms with Crippen LogP contribution in [0.15, 0.2) is 97.1 Å². The van der Waals surface area contributed by atoms with E-state index in [2.05, 4.69) is 10.6 Å². The van der Waals surface area contributed by atoms with Crippen molar-refractivity contribution in [2.45, 2.75) is 0 Å². The molecule has 4 aromatic carbocycles. The molecule has 0 aliphatic carbocycles. The first-order chi connectivity index (χ1) is 13.7. The van der Waals surface area contributed by atoms with E-state index in [0.717, 1.165) is 22.6 Å². The first-order valence-corrected chi connectivity index (χ1v) is 9.03. The molecule has 0 amide bonds. The van der Waals surface area contributed by atoms with E-state index in [4.69, 9.17) is 5.73 Å². The van der Waals surface area contributed by atoms with Crippen molar-refractivity contribution in [1.29, 1.82) is 0 Å². The fourth-order valence-electron chi connectivity index (χ4n) is 3.04. The Hall–Kier alpha value is -3.79. The molecule has 0 aliphatic heterocycles. The Morgan fingerprint density at radius 2 is 1.07 bits per heavy atom. The van der Waals surface area contributed by atoms with Gasteiger partial charge in [0, 0.05) is 28.3 Å². The number of benzene rings is 4. The lowest BCUT2D eigenvalue weighted by Crippen LogP contribution is -1.98. The van der Waals surface area contributed by atoms with Crippen LogP contribution in [0.2, 0.25) is 0 Å². The van der Waals surface area contributed by atoms with E-state index < -0.39 is 5.82 Å². The van der Waals surface area contributed by atoms with Gasteiger partial charge in [0.15, 0.2) is 0 Å². The van der Waals surface area contributed by atoms with E-state index in [9.17, 15) is 4.39 Å². The molecule has 4 heteroatoms. The first-order valence-electron chi connectivity index (χ1n) is 9.03. The normalized spacial score (nSPS) is 10.5. The molecule has 4 aromatic rings. The van der Waals surface area contributed by atoms with Crippen LogP contribution in [0.1, 0.15) is 0 Å². The van der Waals surface area contributed by atoms with Crippen LogP contribution in [0.4, 0.5) is 32.8 Å². The van der Waals surface area contributed by atoms with Crippen LogP contribution in [-0.4, -0.2) is 0 Å². The molecule has 0 bridgehead atoms. The van der Waals surface area contributed by atoms with E-state index in [-0.39, 0.29) is 5.69 Å². The zero-order chi connectivity index (χ0) is 19.3. The summed E-state index contributed by atoms with van der Waals surface area (Å²) in [6.07, 6.45) is 0. The van der Waals surface area contributed by atoms with Gasteiger partial charge >= 0.3 is 0 Å². The zero-order valence-electron chi connectivity index (χ0n) is 15.2. The fourth-order valence-corrected chi connectivity index (χ4v) is 3.04. The summed E-state index contributed by atoms with van der Waals surface area (Å²) in [5, 5.41) is 6.59. The van der Waals surface area contributed by atoms with Crippen molar-refractivity contribution in [1.82, 2.24) is 0 Å². The van der Waals surface area contributed by atoms with Crippen molar-refractivity contribution in [3.63, 3.8) is 0 Å². The lowest BCUT2D eigenvalue weighted by atomic mass is 10.0. The molecule has 0 saturated carbocycles. The molecule has 4 N–H and O–H groups in total. The van der Waals surface area contributed by atoms with Gasteiger partial charge in [0.1, 0.15) is 5.82 Å². The molecule has 138 valence electrons. The second-order valence-corrected chi connectivity index (χ2v) is 6.48. The highest BCUT2D eigenvalue weighted by Gasteiger charge is 2.10. The number of para-hydroxylation sites is 1. The standard InChI is InChI=1S/C24H20FN3/c25-23-16-21(15-22(24(23)26)17-7-3-1-4-8-17)28-20-13-11-19(12-14-20)27-18-9-5-2-6-10-18/h1-16,27-28H,26H2. The molecule has 0 fully saturated rings. The van der Waals surface area contributed by atoms with Crippen LogP contribution in [-0.2, 0) is 0 Å². The van der Waals surface area contributed by atoms with Gasteiger partial charge in [-0.1, -0.05) is 48.5 Å². The van der Waals surface area contributed by atoms with Gasteiger partial charge in [-0.3, -0.25) is 0 Å². The third-order valence-electron chi connectivity index (χ3n) is 4.45. The lowest BCUT2D eigenvalue weighted by Gasteiger charge is -2.13. The minimum atomic E-state index is -0.439. The van der Waals surface area contributed by atoms with Crippen LogP contribution in [0.3, 0.4) is 0 Å². The maximum atomic E-state index is 14.4. The number of halogens is 1. The van der Waals surface area contributed by atoms with Gasteiger partial charge in [0.2, 0.25) is 0 Å². The van der Waals surface area contributed by atoms with Crippen molar-refractivity contribution >= 4 is 28.4 Å². The molecule has 0 heterocycles. The smallest absolute Gasteiger partial charge is 0.148 e. The third-order valence-corrected chi connectivity index (χ3v) is 4.45. The number of nitrogen functional groups attached to an aromatic ring is 1. The van der Waals surface area contributed by atoms with E-state index in [1.165, 1.54) is 6.07 Å². The highest BCUT2D eigenvalue weighted by Crippen LogP contribution is 2.32. The molecular formula is C24H20FN3. The van der Waals surface area contributed by atoms with Gasteiger partial charge in [-0.15, -0.1) is 0 Å². The van der Waals surface area contributed by atoms with Crippen molar-refractivity contribution in [3.8, 4) is 11.1 Å². The maximum Gasteiger partial charge on any atom is 0.148 e. The van der Waals surface area contributed by atoms with Crippen molar-refractivity contribution < 1.29 is 4.39 Å². The predicted molar refractivity (Wildman–Crippen MR) is 116 cm³/mol. The second-order valence-electron chi connectivity index (χ2n) is 6.48. The van der Waals surface area contributed by atoms with Crippen molar-refractivity contribution in [2.75, 3.05) is 16.4 Å². The average molecular weight is 369 g/mol. The van der Waals surface area contributed by atoms with Gasteiger partial charge in [0.25, 0.3) is 0 Å². The van der Waals surface area contributed by atoms with Crippen LogP contribution < -0.4 is 16.4 Å². The maximum absolute atomic E-state index is 14.4. The highest BCUT2D eigenvalue weighted by atomic mass is 19.1. The number of hydrogen-bond acceptors (Lipinski definition) is 3. The Balaban J connectivity index is 1.55. The number of rotatable bonds is 5. The Kier molecular flexibility index (Phi) is 4.93. The van der Waals surface area contributed by atoms with Crippen LogP contribution in [0.5, 0.6) is 0 Å². The molecule has 0 radical (unpaired) electrons. The Bertz CT molecular complexity index is 1060. The van der Waals surface area contributed by atoms with Crippen LogP contribution in [0.25, 0.3) is 11.1 Å². The van der Waals surface area contributed by atoms with Gasteiger partial charge in [0.05, 0.1) is 5.69 Å². The highest BCUT2D eigenvalue weighted by molar-refractivity contribution is 5.81. The molecule has 28 heavy (non-hydrogen) atoms. The minimum absolute atomic E-state index is 0.152. The van der Waals surface area contributed by atoms with Crippen LogP contribution >= 0.6 is 0 Å². The average Bonchev–Trinajstić information content (AvgIpc) is 2.73. The molecular weight excluding hydrogens is 349 g/mol. The monoisotopic (exact) mass is 369 g/mol. The summed E-state index contributed by atoms with van der Waals surface area (Å²) in [5.41, 5.74) is 11.2. The van der Waals surface area contributed by atoms with E-state index in [1.54, 1.807) is 0 Å². The first kappa shape index (κ1) is 17.6. The zero-order valence-corrected chi connectivity index (χ0v) is 15.2. The fraction of sp³-hybridized carbons (Fsp3) is 0. The number of hydrogen-bond donors (Lipinski definition) is 3. The molecule has 0 spiro atoms. The Morgan fingerprint density at radius 1 is 0.571 bits per heavy atom. The SMILES string of the molecule is Nc1c(F)cc(Nc2ccc(Nc3ccccc3)cc2)cc1-c1ccccc1. The molecule has 0 unspecified atom stereocenters. The summed E-state index contributed by atoms with van der Waals surface area (Å²) in [6.45, 7) is 0. The lowest BCUT2D eigenvalue weighted by molar-refractivity contribution is 0.633. The molecule has 0 saturated heterocycles. The number of anilines is 5. The summed E-state index contributed by atoms with van der Waals surface area (Å²) in [6, 6.07) is 30.7. The Morgan fingerprint density at radius 3 is 1.68 bits per heavy atom. The molecule has 0 aliphatic rings. The second kappa shape index (κ2) is 7.84. The summed E-state index contributed by atoms with van der Waals surface area (Å²) >= 11 is 0. The van der Waals surface area contributed by atoms with E-state index in [1.807, 2.05) is 91.0 Å². The quantitative estimate of drug-likeness (QED) is 0.349. The topological polar surface area (TPSA) is 50.1 Å². The van der Waals surface area contributed by atoms with Crippen LogP contribution in [0, 0.1) is 5.82 Å². The number of nitrogens with two attached hydrogens (primary N) is 1. The summed E-state index contributed by atoms with van der Waals surface area (Å²) in [4.78, 5) is 0. The summed E-state index contributed by atoms with van der Waals surface area (Å²) in [7, 11) is 0. The van der Waals surface area contributed by atoms with E-state index in [0.29, 0.717) is 11.3 Å². The van der Waals surface area contributed by atoms with E-state index >= 15 is 0 Å². The Labute approximate surface area is 163 Å². The van der Waals surface area contributed by atoms with Crippen molar-refractivity contribution in [3.05, 3.63) is 103 Å².